The van der Waals surface area contributed by atoms with E-state index < -0.39 is 0 Å². The first kappa shape index (κ1) is 12.4. The van der Waals surface area contributed by atoms with Crippen molar-refractivity contribution in [2.24, 2.45) is 35.5 Å². The molecule has 1 heterocycles. The van der Waals surface area contributed by atoms with Gasteiger partial charge in [-0.25, -0.2) is 0 Å². The van der Waals surface area contributed by atoms with Crippen molar-refractivity contribution in [2.45, 2.75) is 6.42 Å². The average molecular weight is 295 g/mol. The summed E-state index contributed by atoms with van der Waals surface area (Å²) >= 11 is 0. The van der Waals surface area contributed by atoms with E-state index in [2.05, 4.69) is 12.2 Å². The molecule has 1 saturated heterocycles. The number of anilines is 1. The lowest BCUT2D eigenvalue weighted by Crippen LogP contribution is -2.40. The summed E-state index contributed by atoms with van der Waals surface area (Å²) in [7, 11) is 1.60. The van der Waals surface area contributed by atoms with Crippen LogP contribution in [0.25, 0.3) is 0 Å². The standard InChI is InChI=1S/C18H17NO3/c1-22-10-4-2-9(3-5-10)19-17(20)15-11-6-7-12(14-8-13(11)14)16(15)18(19)21/h2-7,11-16H,8H2,1H3. The quantitative estimate of drug-likeness (QED) is 0.621. The number of benzene rings is 1. The second-order valence-corrected chi connectivity index (χ2v) is 6.86. The molecule has 112 valence electrons. The van der Waals surface area contributed by atoms with Crippen LogP contribution >= 0.6 is 0 Å². The maximum absolute atomic E-state index is 12.9. The molecule has 2 amide bonds. The van der Waals surface area contributed by atoms with Gasteiger partial charge in [-0.3, -0.25) is 14.5 Å². The third kappa shape index (κ3) is 1.38. The summed E-state index contributed by atoms with van der Waals surface area (Å²) in [5, 5.41) is 0. The molecule has 0 spiro atoms. The van der Waals surface area contributed by atoms with Crippen LogP contribution in [0.2, 0.25) is 0 Å². The lowest BCUT2D eigenvalue weighted by molar-refractivity contribution is -0.124. The molecular formula is C18H17NO3. The van der Waals surface area contributed by atoms with E-state index >= 15 is 0 Å². The summed E-state index contributed by atoms with van der Waals surface area (Å²) in [6.07, 6.45) is 5.59. The molecule has 4 nitrogen and oxygen atoms in total. The SMILES string of the molecule is COc1ccc(N2C(=O)C3C4C=CC(C5CC45)C3C2=O)cc1. The van der Waals surface area contributed by atoms with Crippen molar-refractivity contribution < 1.29 is 14.3 Å². The number of amides is 2. The third-order valence-corrected chi connectivity index (χ3v) is 5.99. The van der Waals surface area contributed by atoms with Crippen LogP contribution in [0.4, 0.5) is 5.69 Å². The van der Waals surface area contributed by atoms with E-state index in [-0.39, 0.29) is 35.5 Å². The number of nitrogens with zero attached hydrogens (tertiary/aromatic N) is 1. The molecule has 0 N–H and O–H groups in total. The highest BCUT2D eigenvalue weighted by Gasteiger charge is 2.67. The Labute approximate surface area is 128 Å². The van der Waals surface area contributed by atoms with Crippen molar-refractivity contribution in [3.8, 4) is 5.75 Å². The van der Waals surface area contributed by atoms with Gasteiger partial charge in [-0.15, -0.1) is 0 Å². The second kappa shape index (κ2) is 4.00. The Bertz CT molecular complexity index is 672. The molecule has 4 heteroatoms. The molecule has 6 unspecified atom stereocenters. The van der Waals surface area contributed by atoms with Crippen LogP contribution < -0.4 is 9.64 Å². The average Bonchev–Trinajstić information content (AvgIpc) is 3.32. The summed E-state index contributed by atoms with van der Waals surface area (Å²) in [4.78, 5) is 27.2. The fourth-order valence-electron chi connectivity index (χ4n) is 4.94. The molecule has 2 saturated carbocycles. The molecule has 5 aliphatic rings. The Hall–Kier alpha value is -2.10. The monoisotopic (exact) mass is 295 g/mol. The fourth-order valence-corrected chi connectivity index (χ4v) is 4.94. The molecule has 6 atom stereocenters. The highest BCUT2D eigenvalue weighted by Crippen LogP contribution is 2.65. The van der Waals surface area contributed by atoms with Crippen molar-refractivity contribution in [1.82, 2.24) is 0 Å². The maximum Gasteiger partial charge on any atom is 0.238 e. The Morgan fingerprint density at radius 3 is 2.00 bits per heavy atom. The van der Waals surface area contributed by atoms with E-state index in [4.69, 9.17) is 4.74 Å². The molecule has 0 radical (unpaired) electrons. The number of carbonyl (C=O) groups excluding carboxylic acids is 2. The van der Waals surface area contributed by atoms with Crippen LogP contribution in [-0.4, -0.2) is 18.9 Å². The zero-order chi connectivity index (χ0) is 15.0. The van der Waals surface area contributed by atoms with Gasteiger partial charge in [-0.05, 0) is 54.4 Å². The molecule has 6 rings (SSSR count). The number of rotatable bonds is 2. The van der Waals surface area contributed by atoms with Crippen LogP contribution in [-0.2, 0) is 9.59 Å². The number of carbonyl (C=O) groups is 2. The Morgan fingerprint density at radius 1 is 0.955 bits per heavy atom. The number of imide groups is 1. The Balaban J connectivity index is 1.54. The van der Waals surface area contributed by atoms with Crippen molar-refractivity contribution in [1.29, 1.82) is 0 Å². The van der Waals surface area contributed by atoms with Crippen molar-refractivity contribution in [3.05, 3.63) is 36.4 Å². The van der Waals surface area contributed by atoms with Gasteiger partial charge in [0.25, 0.3) is 0 Å². The van der Waals surface area contributed by atoms with E-state index in [0.717, 1.165) is 5.75 Å². The van der Waals surface area contributed by atoms with Gasteiger partial charge in [0.15, 0.2) is 0 Å². The Morgan fingerprint density at radius 2 is 1.50 bits per heavy atom. The predicted molar refractivity (Wildman–Crippen MR) is 80.2 cm³/mol. The van der Waals surface area contributed by atoms with Crippen molar-refractivity contribution >= 4 is 17.5 Å². The van der Waals surface area contributed by atoms with E-state index in [1.54, 1.807) is 31.4 Å². The third-order valence-electron chi connectivity index (χ3n) is 5.99. The molecule has 1 aliphatic heterocycles. The van der Waals surface area contributed by atoms with Gasteiger partial charge in [-0.1, -0.05) is 12.2 Å². The Kier molecular flexibility index (Phi) is 2.26. The molecule has 2 bridgehead atoms. The lowest BCUT2D eigenvalue weighted by atomic mass is 9.63. The fraction of sp³-hybridized carbons (Fsp3) is 0.444. The first-order chi connectivity index (χ1) is 10.7. The normalized spacial score (nSPS) is 40.7. The summed E-state index contributed by atoms with van der Waals surface area (Å²) in [6.45, 7) is 0. The molecule has 1 aromatic rings. The minimum atomic E-state index is -0.131. The van der Waals surface area contributed by atoms with Crippen LogP contribution in [0, 0.1) is 35.5 Å². The summed E-state index contributed by atoms with van der Waals surface area (Å²) in [5.41, 5.74) is 0.665. The summed E-state index contributed by atoms with van der Waals surface area (Å²) < 4.78 is 5.15. The van der Waals surface area contributed by atoms with Gasteiger partial charge in [0.2, 0.25) is 11.8 Å². The first-order valence-corrected chi connectivity index (χ1v) is 7.91. The first-order valence-electron chi connectivity index (χ1n) is 7.91. The minimum absolute atomic E-state index is 0.00938. The minimum Gasteiger partial charge on any atom is -0.497 e. The van der Waals surface area contributed by atoms with Crippen LogP contribution in [0.15, 0.2) is 36.4 Å². The van der Waals surface area contributed by atoms with Gasteiger partial charge in [0.05, 0.1) is 24.6 Å². The van der Waals surface area contributed by atoms with Gasteiger partial charge in [0.1, 0.15) is 5.75 Å². The van der Waals surface area contributed by atoms with Crippen molar-refractivity contribution in [2.75, 3.05) is 12.0 Å². The van der Waals surface area contributed by atoms with Gasteiger partial charge in [0, 0.05) is 0 Å². The van der Waals surface area contributed by atoms with Crippen LogP contribution in [0.5, 0.6) is 5.75 Å². The zero-order valence-electron chi connectivity index (χ0n) is 12.3. The maximum atomic E-state index is 12.9. The zero-order valence-corrected chi connectivity index (χ0v) is 12.3. The van der Waals surface area contributed by atoms with Crippen LogP contribution in [0.1, 0.15) is 6.42 Å². The smallest absolute Gasteiger partial charge is 0.238 e. The second-order valence-electron chi connectivity index (χ2n) is 6.86. The van der Waals surface area contributed by atoms with E-state index in [1.165, 1.54) is 11.3 Å². The molecular weight excluding hydrogens is 278 g/mol. The number of hydrogen-bond acceptors (Lipinski definition) is 3. The van der Waals surface area contributed by atoms with Gasteiger partial charge < -0.3 is 4.74 Å². The van der Waals surface area contributed by atoms with Crippen LogP contribution in [0.3, 0.4) is 0 Å². The van der Waals surface area contributed by atoms with Gasteiger partial charge in [-0.2, -0.15) is 0 Å². The van der Waals surface area contributed by atoms with E-state index in [9.17, 15) is 9.59 Å². The largest absolute Gasteiger partial charge is 0.497 e. The number of ether oxygens (including phenoxy) is 1. The highest BCUT2D eigenvalue weighted by molar-refractivity contribution is 6.22. The topological polar surface area (TPSA) is 46.6 Å². The molecule has 1 aromatic carbocycles. The summed E-state index contributed by atoms with van der Waals surface area (Å²) in [5.74, 6) is 2.28. The van der Waals surface area contributed by atoms with Crippen molar-refractivity contribution in [3.63, 3.8) is 0 Å². The number of methoxy groups -OCH3 is 1. The molecule has 22 heavy (non-hydrogen) atoms. The highest BCUT2D eigenvalue weighted by atomic mass is 16.5. The van der Waals surface area contributed by atoms with Gasteiger partial charge >= 0.3 is 0 Å². The molecule has 3 fully saturated rings. The number of allylic oxidation sites excluding steroid dienone is 2. The molecule has 4 aliphatic carbocycles. The summed E-state index contributed by atoms with van der Waals surface area (Å²) in [6, 6.07) is 7.18. The number of hydrogen-bond donors (Lipinski definition) is 0. The predicted octanol–water partition coefficient (Wildman–Crippen LogP) is 2.25. The van der Waals surface area contributed by atoms with E-state index in [1.807, 2.05) is 0 Å². The molecule has 0 aromatic heterocycles. The van der Waals surface area contributed by atoms with E-state index in [0.29, 0.717) is 17.5 Å². The lowest BCUT2D eigenvalue weighted by Gasteiger charge is -2.37.